The number of benzene rings is 1. The topological polar surface area (TPSA) is 64.1 Å². The van der Waals surface area contributed by atoms with Gasteiger partial charge in [-0.25, -0.2) is 4.99 Å². The van der Waals surface area contributed by atoms with E-state index in [0.717, 1.165) is 48.7 Å². The van der Waals surface area contributed by atoms with Crippen LogP contribution < -0.4 is 10.2 Å². The zero-order valence-corrected chi connectivity index (χ0v) is 20.6. The highest BCUT2D eigenvalue weighted by Crippen LogP contribution is 2.40. The molecule has 3 heterocycles. The van der Waals surface area contributed by atoms with Gasteiger partial charge in [0.25, 0.3) is 5.91 Å². The molecule has 0 saturated carbocycles. The van der Waals surface area contributed by atoms with Crippen molar-refractivity contribution in [2.24, 2.45) is 4.99 Å². The minimum atomic E-state index is -0.632. The number of aromatic nitrogens is 1. The Morgan fingerprint density at radius 2 is 1.83 bits per heavy atom. The number of nitrogens with zero attached hydrogens (tertiary/aromatic N) is 5. The van der Waals surface area contributed by atoms with E-state index in [1.54, 1.807) is 17.2 Å². The number of amides is 1. The summed E-state index contributed by atoms with van der Waals surface area (Å²) >= 11 is 0. The molecule has 7 nitrogen and oxygen atoms in total. The number of carbonyl (C=O) groups excluding carboxylic acids is 1. The van der Waals surface area contributed by atoms with Crippen LogP contribution in [-0.4, -0.2) is 65.4 Å². The van der Waals surface area contributed by atoms with Crippen LogP contribution in [0.15, 0.2) is 89.1 Å². The van der Waals surface area contributed by atoms with Gasteiger partial charge < -0.3 is 15.1 Å². The van der Waals surface area contributed by atoms with Gasteiger partial charge in [0.15, 0.2) is 5.66 Å². The number of likely N-dealkylation sites (N-methyl/N-ethyl adjacent to an activating group) is 1. The number of pyridine rings is 1. The fraction of sp³-hybridized carbons (Fsp3) is 0.321. The fourth-order valence-electron chi connectivity index (χ4n) is 4.51. The van der Waals surface area contributed by atoms with Gasteiger partial charge in [0.1, 0.15) is 5.84 Å². The summed E-state index contributed by atoms with van der Waals surface area (Å²) in [7, 11) is 2.17. The lowest BCUT2D eigenvalue weighted by Gasteiger charge is -2.34. The minimum absolute atomic E-state index is 0.0926. The zero-order valence-electron chi connectivity index (χ0n) is 20.6. The molecule has 1 N–H and O–H groups in total. The normalized spacial score (nSPS) is 24.8. The fourth-order valence-corrected chi connectivity index (χ4v) is 4.51. The quantitative estimate of drug-likeness (QED) is 0.653. The number of allylic oxidation sites excluding steroid dienone is 1. The van der Waals surface area contributed by atoms with Crippen LogP contribution in [0.4, 0.5) is 11.4 Å². The Morgan fingerprint density at radius 3 is 2.46 bits per heavy atom. The second kappa shape index (κ2) is 9.50. The molecule has 7 heteroatoms. The molecule has 1 atom stereocenters. The number of piperazine rings is 1. The second-order valence-corrected chi connectivity index (χ2v) is 9.31. The number of carbonyl (C=O) groups is 1. The second-order valence-electron chi connectivity index (χ2n) is 9.31. The van der Waals surface area contributed by atoms with E-state index in [9.17, 15) is 4.79 Å². The largest absolute Gasteiger partial charge is 0.369 e. The van der Waals surface area contributed by atoms with Gasteiger partial charge >= 0.3 is 0 Å². The summed E-state index contributed by atoms with van der Waals surface area (Å²) in [6.45, 7) is 8.65. The van der Waals surface area contributed by atoms with Gasteiger partial charge in [-0.1, -0.05) is 12.1 Å². The van der Waals surface area contributed by atoms with Gasteiger partial charge in [0, 0.05) is 55.4 Å². The maximum absolute atomic E-state index is 12.9. The summed E-state index contributed by atoms with van der Waals surface area (Å²) in [5.41, 5.74) is 4.47. The van der Waals surface area contributed by atoms with Crippen molar-refractivity contribution in [3.8, 4) is 0 Å². The summed E-state index contributed by atoms with van der Waals surface area (Å²) in [4.78, 5) is 28.9. The smallest absolute Gasteiger partial charge is 0.252 e. The first-order valence-electron chi connectivity index (χ1n) is 12.1. The third-order valence-electron chi connectivity index (χ3n) is 6.84. The van der Waals surface area contributed by atoms with Crippen LogP contribution in [-0.2, 0) is 11.3 Å². The van der Waals surface area contributed by atoms with Crippen molar-refractivity contribution in [3.05, 3.63) is 89.8 Å². The van der Waals surface area contributed by atoms with Crippen LogP contribution >= 0.6 is 0 Å². The molecule has 2 aromatic rings. The number of rotatable bonds is 6. The van der Waals surface area contributed by atoms with Crippen molar-refractivity contribution >= 4 is 23.1 Å². The number of anilines is 2. The third kappa shape index (κ3) is 4.91. The lowest BCUT2D eigenvalue weighted by atomic mass is 10.1. The summed E-state index contributed by atoms with van der Waals surface area (Å²) in [5, 5.41) is 3.60. The Bertz CT molecular complexity index is 1210. The van der Waals surface area contributed by atoms with Crippen LogP contribution in [0.5, 0.6) is 0 Å². The Labute approximate surface area is 207 Å². The molecular weight excluding hydrogens is 436 g/mol. The lowest BCUT2D eigenvalue weighted by molar-refractivity contribution is -0.123. The summed E-state index contributed by atoms with van der Waals surface area (Å²) in [6, 6.07) is 14.3. The summed E-state index contributed by atoms with van der Waals surface area (Å²) < 4.78 is 0. The van der Waals surface area contributed by atoms with Crippen molar-refractivity contribution in [1.29, 1.82) is 0 Å². The van der Waals surface area contributed by atoms with Crippen molar-refractivity contribution < 1.29 is 4.79 Å². The highest BCUT2D eigenvalue weighted by atomic mass is 16.2. The standard InChI is InChI=1S/C28H32N6O/c1-4-22-8-13-26(35)34(20-24-7-5-6-14-29-24)27(22)31-28(19-21(28)2)30-23-9-11-25(12-10-23)33-17-15-32(3)16-18-33/h4-14,19,30H,15-18,20H2,1-3H3/b22-4-,31-27+. The molecule has 5 rings (SSSR count). The molecule has 1 unspecified atom stereocenters. The molecule has 35 heavy (non-hydrogen) atoms. The highest BCUT2D eigenvalue weighted by molar-refractivity contribution is 6.15. The maximum Gasteiger partial charge on any atom is 0.252 e. The molecule has 1 aliphatic carbocycles. The number of aliphatic imine (C=N–C) groups is 1. The van der Waals surface area contributed by atoms with Gasteiger partial charge in [0.05, 0.1) is 12.2 Å². The minimum Gasteiger partial charge on any atom is -0.369 e. The molecule has 2 aliphatic heterocycles. The van der Waals surface area contributed by atoms with E-state index in [0.29, 0.717) is 12.4 Å². The molecule has 3 aliphatic rings. The SMILES string of the molecule is C/C=C1/C=CC(=O)N(Cc2ccccn2)/C1=N/C1(Nc2ccc(N3CCN(C)CC3)cc2)C=C1C. The number of amidine groups is 1. The van der Waals surface area contributed by atoms with Crippen molar-refractivity contribution in [2.75, 3.05) is 43.4 Å². The first-order valence-corrected chi connectivity index (χ1v) is 12.1. The van der Waals surface area contributed by atoms with Gasteiger partial charge in [-0.2, -0.15) is 0 Å². The van der Waals surface area contributed by atoms with Crippen LogP contribution in [0.2, 0.25) is 0 Å². The molecule has 0 bridgehead atoms. The van der Waals surface area contributed by atoms with E-state index in [1.807, 2.05) is 37.3 Å². The molecule has 1 saturated heterocycles. The Morgan fingerprint density at radius 1 is 1.09 bits per heavy atom. The van der Waals surface area contributed by atoms with Gasteiger partial charge in [-0.05, 0) is 75.0 Å². The van der Waals surface area contributed by atoms with Gasteiger partial charge in [-0.3, -0.25) is 14.7 Å². The van der Waals surface area contributed by atoms with Crippen molar-refractivity contribution in [1.82, 2.24) is 14.8 Å². The molecule has 1 amide bonds. The van der Waals surface area contributed by atoms with E-state index in [2.05, 4.69) is 64.4 Å². The Kier molecular flexibility index (Phi) is 6.26. The highest BCUT2D eigenvalue weighted by Gasteiger charge is 2.43. The molecule has 0 radical (unpaired) electrons. The molecule has 1 aromatic heterocycles. The van der Waals surface area contributed by atoms with E-state index >= 15 is 0 Å². The van der Waals surface area contributed by atoms with Gasteiger partial charge in [-0.15, -0.1) is 0 Å². The molecule has 1 fully saturated rings. The van der Waals surface area contributed by atoms with Crippen LogP contribution in [0.3, 0.4) is 0 Å². The van der Waals surface area contributed by atoms with Crippen LogP contribution in [0.25, 0.3) is 0 Å². The zero-order chi connectivity index (χ0) is 24.4. The monoisotopic (exact) mass is 468 g/mol. The molecule has 1 aromatic carbocycles. The van der Waals surface area contributed by atoms with Gasteiger partial charge in [0.2, 0.25) is 0 Å². The van der Waals surface area contributed by atoms with Crippen molar-refractivity contribution in [2.45, 2.75) is 26.1 Å². The average molecular weight is 469 g/mol. The first-order chi connectivity index (χ1) is 17.0. The van der Waals surface area contributed by atoms with E-state index < -0.39 is 5.66 Å². The van der Waals surface area contributed by atoms with Crippen molar-refractivity contribution in [3.63, 3.8) is 0 Å². The Balaban J connectivity index is 1.38. The van der Waals surface area contributed by atoms with E-state index in [4.69, 9.17) is 4.99 Å². The first kappa shape index (κ1) is 23.1. The predicted octanol–water partition coefficient (Wildman–Crippen LogP) is 3.84. The van der Waals surface area contributed by atoms with Crippen LogP contribution in [0, 0.1) is 0 Å². The summed E-state index contributed by atoms with van der Waals surface area (Å²) in [6.07, 6.45) is 9.27. The number of hydrogen-bond donors (Lipinski definition) is 1. The molecule has 180 valence electrons. The lowest BCUT2D eigenvalue weighted by Crippen LogP contribution is -2.44. The van der Waals surface area contributed by atoms with E-state index in [1.165, 1.54) is 5.69 Å². The predicted molar refractivity (Wildman–Crippen MR) is 141 cm³/mol. The third-order valence-corrected chi connectivity index (χ3v) is 6.84. The molecule has 0 spiro atoms. The number of nitrogens with one attached hydrogen (secondary N) is 1. The van der Waals surface area contributed by atoms with Crippen LogP contribution in [0.1, 0.15) is 19.5 Å². The Hall–Kier alpha value is -3.71. The summed E-state index contributed by atoms with van der Waals surface area (Å²) in [5.74, 6) is 0.560. The molecular formula is C28H32N6O. The van der Waals surface area contributed by atoms with E-state index in [-0.39, 0.29) is 5.91 Å². The maximum atomic E-state index is 12.9. The average Bonchev–Trinajstić information content (AvgIpc) is 3.50. The number of hydrogen-bond acceptors (Lipinski definition) is 6.